The molecule has 114 valence electrons. The highest BCUT2D eigenvalue weighted by Gasteiger charge is 2.19. The van der Waals surface area contributed by atoms with Crippen LogP contribution in [0.25, 0.3) is 9.40 Å². The number of carbonyl (C=O) groups excluding carboxylic acids is 1. The standard InChI is InChI=1S/C15H19NO3S2/c1-15(2,5-3-13(17)18)6-7-16-14(19)12-9-11-10(21-12)4-8-20-11/h4,8-9H,3,5-7H2,1-2H3,(H,16,19)(H,17,18). The number of carboxylic acids is 1. The van der Waals surface area contributed by atoms with Gasteiger partial charge in [-0.25, -0.2) is 0 Å². The Morgan fingerprint density at radius 2 is 2.05 bits per heavy atom. The summed E-state index contributed by atoms with van der Waals surface area (Å²) in [4.78, 5) is 23.4. The highest BCUT2D eigenvalue weighted by atomic mass is 32.1. The first kappa shape index (κ1) is 16.0. The third-order valence-corrected chi connectivity index (χ3v) is 5.56. The zero-order valence-corrected chi connectivity index (χ0v) is 13.8. The Kier molecular flexibility index (Phi) is 5.00. The van der Waals surface area contributed by atoms with Crippen LogP contribution in [-0.4, -0.2) is 23.5 Å². The van der Waals surface area contributed by atoms with Gasteiger partial charge >= 0.3 is 5.97 Å². The van der Waals surface area contributed by atoms with E-state index in [2.05, 4.69) is 5.32 Å². The lowest BCUT2D eigenvalue weighted by Crippen LogP contribution is -2.27. The van der Waals surface area contributed by atoms with Crippen molar-refractivity contribution in [2.75, 3.05) is 6.54 Å². The Bertz CT molecular complexity index is 614. The van der Waals surface area contributed by atoms with E-state index in [1.54, 1.807) is 11.3 Å². The normalized spacial score (nSPS) is 11.7. The molecule has 6 heteroatoms. The quantitative estimate of drug-likeness (QED) is 0.809. The van der Waals surface area contributed by atoms with Gasteiger partial charge < -0.3 is 10.4 Å². The molecule has 21 heavy (non-hydrogen) atoms. The van der Waals surface area contributed by atoms with Crippen molar-refractivity contribution >= 4 is 43.9 Å². The smallest absolute Gasteiger partial charge is 0.303 e. The molecule has 0 aliphatic carbocycles. The van der Waals surface area contributed by atoms with E-state index in [4.69, 9.17) is 5.11 Å². The summed E-state index contributed by atoms with van der Waals surface area (Å²) in [5.41, 5.74) is -0.0819. The van der Waals surface area contributed by atoms with Gasteiger partial charge in [0.2, 0.25) is 0 Å². The summed E-state index contributed by atoms with van der Waals surface area (Å²) in [7, 11) is 0. The van der Waals surface area contributed by atoms with Gasteiger partial charge in [-0.2, -0.15) is 0 Å². The van der Waals surface area contributed by atoms with Crippen LogP contribution in [0, 0.1) is 5.41 Å². The monoisotopic (exact) mass is 325 g/mol. The zero-order valence-electron chi connectivity index (χ0n) is 12.1. The van der Waals surface area contributed by atoms with Crippen LogP contribution >= 0.6 is 22.7 Å². The molecular weight excluding hydrogens is 306 g/mol. The zero-order chi connectivity index (χ0) is 15.5. The summed E-state index contributed by atoms with van der Waals surface area (Å²) in [6.07, 6.45) is 1.56. The molecule has 0 fully saturated rings. The second-order valence-electron chi connectivity index (χ2n) is 5.82. The van der Waals surface area contributed by atoms with Gasteiger partial charge in [0.1, 0.15) is 0 Å². The van der Waals surface area contributed by atoms with Crippen LogP contribution < -0.4 is 5.32 Å². The van der Waals surface area contributed by atoms with Crippen LogP contribution in [0.5, 0.6) is 0 Å². The molecule has 0 saturated carbocycles. The second kappa shape index (κ2) is 6.58. The van der Waals surface area contributed by atoms with Crippen molar-refractivity contribution in [1.29, 1.82) is 0 Å². The van der Waals surface area contributed by atoms with Crippen LogP contribution in [0.15, 0.2) is 17.5 Å². The third kappa shape index (κ3) is 4.54. The van der Waals surface area contributed by atoms with Gasteiger partial charge in [-0.15, -0.1) is 22.7 Å². The molecule has 0 aromatic carbocycles. The van der Waals surface area contributed by atoms with E-state index in [0.29, 0.717) is 13.0 Å². The van der Waals surface area contributed by atoms with E-state index >= 15 is 0 Å². The number of amides is 1. The summed E-state index contributed by atoms with van der Waals surface area (Å²) < 4.78 is 2.29. The van der Waals surface area contributed by atoms with Crippen LogP contribution in [0.3, 0.4) is 0 Å². The van der Waals surface area contributed by atoms with E-state index in [-0.39, 0.29) is 17.7 Å². The van der Waals surface area contributed by atoms with Gasteiger partial charge in [0.25, 0.3) is 5.91 Å². The van der Waals surface area contributed by atoms with E-state index in [0.717, 1.165) is 20.7 Å². The lowest BCUT2D eigenvalue weighted by Gasteiger charge is -2.23. The minimum Gasteiger partial charge on any atom is -0.481 e. The molecule has 0 unspecified atom stereocenters. The summed E-state index contributed by atoms with van der Waals surface area (Å²) in [6, 6.07) is 3.95. The molecule has 0 atom stereocenters. The maximum absolute atomic E-state index is 12.1. The minimum absolute atomic E-state index is 0.0440. The maximum atomic E-state index is 12.1. The lowest BCUT2D eigenvalue weighted by atomic mass is 9.84. The molecule has 0 saturated heterocycles. The number of carbonyl (C=O) groups is 2. The molecule has 0 spiro atoms. The minimum atomic E-state index is -0.772. The fourth-order valence-corrected chi connectivity index (χ4v) is 4.07. The summed E-state index contributed by atoms with van der Waals surface area (Å²) in [5.74, 6) is -0.816. The SMILES string of the molecule is CC(C)(CCNC(=O)c1cc2sccc2s1)CCC(=O)O. The highest BCUT2D eigenvalue weighted by Crippen LogP contribution is 2.30. The fourth-order valence-electron chi connectivity index (χ4n) is 2.05. The van der Waals surface area contributed by atoms with Gasteiger partial charge in [-0.3, -0.25) is 9.59 Å². The summed E-state index contributed by atoms with van der Waals surface area (Å²) in [5, 5.41) is 13.7. The first-order chi connectivity index (χ1) is 9.87. The molecule has 2 aromatic rings. The number of thiophene rings is 2. The number of aliphatic carboxylic acids is 1. The second-order valence-corrected chi connectivity index (χ2v) is 7.86. The Labute approximate surface area is 131 Å². The van der Waals surface area contributed by atoms with Gasteiger partial charge in [0, 0.05) is 22.4 Å². The number of rotatable bonds is 7. The highest BCUT2D eigenvalue weighted by molar-refractivity contribution is 7.27. The number of nitrogens with one attached hydrogen (secondary N) is 1. The maximum Gasteiger partial charge on any atom is 0.303 e. The van der Waals surface area contributed by atoms with E-state index in [1.807, 2.05) is 31.4 Å². The number of fused-ring (bicyclic) bond motifs is 1. The average Bonchev–Trinajstić information content (AvgIpc) is 2.96. The lowest BCUT2D eigenvalue weighted by molar-refractivity contribution is -0.137. The molecule has 2 rings (SSSR count). The first-order valence-electron chi connectivity index (χ1n) is 6.84. The third-order valence-electron chi connectivity index (χ3n) is 3.47. The molecule has 4 nitrogen and oxygen atoms in total. The molecule has 2 N–H and O–H groups in total. The van der Waals surface area contributed by atoms with Crippen LogP contribution in [0.4, 0.5) is 0 Å². The average molecular weight is 325 g/mol. The molecule has 0 aliphatic rings. The molecule has 0 aliphatic heterocycles. The van der Waals surface area contributed by atoms with Crippen molar-refractivity contribution in [2.45, 2.75) is 33.1 Å². The number of hydrogen-bond donors (Lipinski definition) is 2. The van der Waals surface area contributed by atoms with E-state index in [9.17, 15) is 9.59 Å². The van der Waals surface area contributed by atoms with Crippen LogP contribution in [-0.2, 0) is 4.79 Å². The van der Waals surface area contributed by atoms with Crippen LogP contribution in [0.2, 0.25) is 0 Å². The summed E-state index contributed by atoms with van der Waals surface area (Å²) in [6.45, 7) is 4.63. The van der Waals surface area contributed by atoms with E-state index < -0.39 is 5.97 Å². The number of hydrogen-bond acceptors (Lipinski definition) is 4. The fraction of sp³-hybridized carbons (Fsp3) is 0.467. The molecular formula is C15H19NO3S2. The predicted octanol–water partition coefficient (Wildman–Crippen LogP) is 3.97. The van der Waals surface area contributed by atoms with E-state index in [1.165, 1.54) is 11.3 Å². The van der Waals surface area contributed by atoms with Crippen molar-refractivity contribution in [3.63, 3.8) is 0 Å². The van der Waals surface area contributed by atoms with Crippen molar-refractivity contribution in [2.24, 2.45) is 5.41 Å². The van der Waals surface area contributed by atoms with Gasteiger partial charge in [0.05, 0.1) is 4.88 Å². The van der Waals surface area contributed by atoms with Crippen molar-refractivity contribution in [3.8, 4) is 0 Å². The molecule has 0 bridgehead atoms. The van der Waals surface area contributed by atoms with Crippen LogP contribution in [0.1, 0.15) is 42.8 Å². The van der Waals surface area contributed by atoms with Crippen molar-refractivity contribution in [1.82, 2.24) is 5.32 Å². The Morgan fingerprint density at radius 3 is 2.71 bits per heavy atom. The Morgan fingerprint density at radius 1 is 1.29 bits per heavy atom. The van der Waals surface area contributed by atoms with Gasteiger partial charge in [-0.1, -0.05) is 13.8 Å². The number of carboxylic acid groups (broad SMARTS) is 1. The predicted molar refractivity (Wildman–Crippen MR) is 87.3 cm³/mol. The molecule has 2 heterocycles. The first-order valence-corrected chi connectivity index (χ1v) is 8.54. The molecule has 2 aromatic heterocycles. The van der Waals surface area contributed by atoms with Crippen molar-refractivity contribution < 1.29 is 14.7 Å². The Hall–Kier alpha value is -1.40. The Balaban J connectivity index is 1.81. The van der Waals surface area contributed by atoms with Gasteiger partial charge in [-0.05, 0) is 35.8 Å². The molecule has 1 amide bonds. The topological polar surface area (TPSA) is 66.4 Å². The van der Waals surface area contributed by atoms with Gasteiger partial charge in [0.15, 0.2) is 0 Å². The molecule has 0 radical (unpaired) electrons. The van der Waals surface area contributed by atoms with Crippen molar-refractivity contribution in [3.05, 3.63) is 22.4 Å². The summed E-state index contributed by atoms with van der Waals surface area (Å²) >= 11 is 3.14. The largest absolute Gasteiger partial charge is 0.481 e.